The molecule has 0 aliphatic carbocycles. The van der Waals surface area contributed by atoms with Crippen LogP contribution in [0.25, 0.3) is 0 Å². The average Bonchev–Trinajstić information content (AvgIpc) is 2.85. The molecule has 7 heteroatoms. The minimum absolute atomic E-state index is 0.000874. The zero-order valence-electron chi connectivity index (χ0n) is 20.4. The molecule has 4 rings (SSSR count). The van der Waals surface area contributed by atoms with Crippen molar-refractivity contribution < 1.29 is 17.9 Å². The van der Waals surface area contributed by atoms with E-state index in [2.05, 4.69) is 19.2 Å². The Balaban J connectivity index is 1.38. The lowest BCUT2D eigenvalue weighted by Crippen LogP contribution is -2.47. The second-order valence-electron chi connectivity index (χ2n) is 9.71. The van der Waals surface area contributed by atoms with Crippen LogP contribution in [-0.4, -0.2) is 37.3 Å². The molecule has 0 bridgehead atoms. The van der Waals surface area contributed by atoms with Crippen LogP contribution in [0.1, 0.15) is 68.7 Å². The molecule has 0 aromatic heterocycles. The molecule has 0 radical (unpaired) electrons. The second-order valence-corrected chi connectivity index (χ2v) is 11.7. The molecule has 0 saturated carbocycles. The van der Waals surface area contributed by atoms with E-state index in [4.69, 9.17) is 4.74 Å². The number of aryl methyl sites for hydroxylation is 1. The second kappa shape index (κ2) is 10.1. The number of sulfonamides is 1. The maximum absolute atomic E-state index is 13.2. The van der Waals surface area contributed by atoms with Crippen LogP contribution in [0.2, 0.25) is 0 Å². The van der Waals surface area contributed by atoms with Crippen molar-refractivity contribution in [1.82, 2.24) is 9.62 Å². The number of carbonyl (C=O) groups excluding carboxylic acids is 1. The standard InChI is InChI=1S/C27H36N2O4S/c1-4-27(5-2)18-24(23-8-6-7-9-25(23)33-27)28-26(30)22-14-16-29(17-15-22)34(31,32)19-21-12-10-20(3)11-13-21/h6-13,22,24H,4-5,14-19H2,1-3H3,(H,28,30). The number of para-hydroxylation sites is 1. The number of piperidine rings is 1. The molecule has 2 aromatic rings. The molecule has 34 heavy (non-hydrogen) atoms. The highest BCUT2D eigenvalue weighted by molar-refractivity contribution is 7.88. The highest BCUT2D eigenvalue weighted by Crippen LogP contribution is 2.42. The number of benzene rings is 2. The zero-order valence-corrected chi connectivity index (χ0v) is 21.2. The van der Waals surface area contributed by atoms with E-state index < -0.39 is 10.0 Å². The molecular formula is C27H36N2O4S. The van der Waals surface area contributed by atoms with Gasteiger partial charge in [0.05, 0.1) is 11.8 Å². The van der Waals surface area contributed by atoms with Crippen LogP contribution < -0.4 is 10.1 Å². The summed E-state index contributed by atoms with van der Waals surface area (Å²) < 4.78 is 33.7. The van der Waals surface area contributed by atoms with Crippen molar-refractivity contribution in [2.45, 2.75) is 70.3 Å². The van der Waals surface area contributed by atoms with Crippen molar-refractivity contribution in [3.63, 3.8) is 0 Å². The third kappa shape index (κ3) is 5.31. The number of nitrogens with one attached hydrogen (secondary N) is 1. The Labute approximate surface area is 203 Å². The normalized spacial score (nSPS) is 20.9. The summed E-state index contributed by atoms with van der Waals surface area (Å²) in [6.45, 7) is 7.00. The number of carbonyl (C=O) groups is 1. The Bertz CT molecular complexity index is 1100. The van der Waals surface area contributed by atoms with E-state index in [1.165, 1.54) is 0 Å². The summed E-state index contributed by atoms with van der Waals surface area (Å²) in [5.74, 6) is 0.677. The number of rotatable bonds is 7. The Hall–Kier alpha value is -2.38. The van der Waals surface area contributed by atoms with Gasteiger partial charge < -0.3 is 10.1 Å². The molecule has 2 aromatic carbocycles. The maximum Gasteiger partial charge on any atom is 0.223 e. The van der Waals surface area contributed by atoms with Crippen molar-refractivity contribution in [3.05, 3.63) is 65.2 Å². The fraction of sp³-hybridized carbons (Fsp3) is 0.519. The van der Waals surface area contributed by atoms with Crippen LogP contribution in [0.4, 0.5) is 0 Å². The van der Waals surface area contributed by atoms with Gasteiger partial charge in [0, 0.05) is 31.0 Å². The molecule has 1 amide bonds. The Morgan fingerprint density at radius 2 is 1.71 bits per heavy atom. The van der Waals surface area contributed by atoms with Crippen LogP contribution in [0.5, 0.6) is 5.75 Å². The lowest BCUT2D eigenvalue weighted by molar-refractivity contribution is -0.127. The van der Waals surface area contributed by atoms with Crippen molar-refractivity contribution in [2.75, 3.05) is 13.1 Å². The van der Waals surface area contributed by atoms with Gasteiger partial charge in [0.2, 0.25) is 15.9 Å². The van der Waals surface area contributed by atoms with Gasteiger partial charge in [-0.25, -0.2) is 12.7 Å². The molecular weight excluding hydrogens is 448 g/mol. The van der Waals surface area contributed by atoms with Crippen molar-refractivity contribution in [1.29, 1.82) is 0 Å². The van der Waals surface area contributed by atoms with Gasteiger partial charge in [-0.15, -0.1) is 0 Å². The first-order valence-electron chi connectivity index (χ1n) is 12.4. The van der Waals surface area contributed by atoms with Gasteiger partial charge in [0.1, 0.15) is 11.4 Å². The molecule has 184 valence electrons. The third-order valence-electron chi connectivity index (χ3n) is 7.49. The minimum atomic E-state index is -3.40. The Morgan fingerprint density at radius 1 is 1.06 bits per heavy atom. The predicted octanol–water partition coefficient (Wildman–Crippen LogP) is 4.74. The largest absolute Gasteiger partial charge is 0.487 e. The summed E-state index contributed by atoms with van der Waals surface area (Å²) in [7, 11) is -3.40. The summed E-state index contributed by atoms with van der Waals surface area (Å²) >= 11 is 0. The van der Waals surface area contributed by atoms with Crippen LogP contribution in [0.3, 0.4) is 0 Å². The molecule has 2 aliphatic rings. The maximum atomic E-state index is 13.2. The lowest BCUT2D eigenvalue weighted by Gasteiger charge is -2.42. The third-order valence-corrected chi connectivity index (χ3v) is 9.34. The van der Waals surface area contributed by atoms with Gasteiger partial charge in [-0.2, -0.15) is 0 Å². The van der Waals surface area contributed by atoms with Gasteiger partial charge in [-0.3, -0.25) is 4.79 Å². The van der Waals surface area contributed by atoms with E-state index in [9.17, 15) is 13.2 Å². The van der Waals surface area contributed by atoms with Gasteiger partial charge in [0.25, 0.3) is 0 Å². The summed E-state index contributed by atoms with van der Waals surface area (Å²) in [6.07, 6.45) is 3.57. The van der Waals surface area contributed by atoms with Gasteiger partial charge >= 0.3 is 0 Å². The van der Waals surface area contributed by atoms with Gasteiger partial charge in [-0.1, -0.05) is 61.9 Å². The SMILES string of the molecule is CCC1(CC)CC(NC(=O)C2CCN(S(=O)(=O)Cc3ccc(C)cc3)CC2)c2ccccc2O1. The van der Waals surface area contributed by atoms with Crippen LogP contribution in [0.15, 0.2) is 48.5 Å². The first-order chi connectivity index (χ1) is 16.2. The van der Waals surface area contributed by atoms with Gasteiger partial charge in [0.15, 0.2) is 0 Å². The quantitative estimate of drug-likeness (QED) is 0.616. The number of amides is 1. The monoisotopic (exact) mass is 484 g/mol. The van der Waals surface area contributed by atoms with E-state index in [-0.39, 0.29) is 29.2 Å². The molecule has 2 heterocycles. The highest BCUT2D eigenvalue weighted by atomic mass is 32.2. The van der Waals surface area contributed by atoms with Crippen molar-refractivity contribution in [3.8, 4) is 5.75 Å². The number of ether oxygens (including phenoxy) is 1. The molecule has 1 fully saturated rings. The Morgan fingerprint density at radius 3 is 2.35 bits per heavy atom. The van der Waals surface area contributed by atoms with E-state index >= 15 is 0 Å². The average molecular weight is 485 g/mol. The molecule has 6 nitrogen and oxygen atoms in total. The van der Waals surface area contributed by atoms with E-state index in [1.54, 1.807) is 4.31 Å². The number of hydrogen-bond donors (Lipinski definition) is 1. The topological polar surface area (TPSA) is 75.7 Å². The van der Waals surface area contributed by atoms with E-state index in [0.717, 1.165) is 41.7 Å². The Kier molecular flexibility index (Phi) is 7.33. The first-order valence-corrected chi connectivity index (χ1v) is 14.0. The summed E-state index contributed by atoms with van der Waals surface area (Å²) in [5, 5.41) is 3.28. The fourth-order valence-electron chi connectivity index (χ4n) is 5.10. The molecule has 0 spiro atoms. The number of nitrogens with zero attached hydrogens (tertiary/aromatic N) is 1. The lowest BCUT2D eigenvalue weighted by atomic mass is 9.83. The van der Waals surface area contributed by atoms with E-state index in [1.807, 2.05) is 55.5 Å². The predicted molar refractivity (Wildman–Crippen MR) is 134 cm³/mol. The zero-order chi connectivity index (χ0) is 24.3. The summed E-state index contributed by atoms with van der Waals surface area (Å²) in [5.41, 5.74) is 2.64. The number of fused-ring (bicyclic) bond motifs is 1. The number of hydrogen-bond acceptors (Lipinski definition) is 4. The first kappa shape index (κ1) is 24.7. The smallest absolute Gasteiger partial charge is 0.223 e. The molecule has 1 N–H and O–H groups in total. The van der Waals surface area contributed by atoms with Crippen molar-refractivity contribution >= 4 is 15.9 Å². The highest BCUT2D eigenvalue weighted by Gasteiger charge is 2.40. The van der Waals surface area contributed by atoms with Crippen molar-refractivity contribution in [2.24, 2.45) is 5.92 Å². The summed E-state index contributed by atoms with van der Waals surface area (Å²) in [4.78, 5) is 13.2. The minimum Gasteiger partial charge on any atom is -0.487 e. The molecule has 1 saturated heterocycles. The van der Waals surface area contributed by atoms with Crippen LogP contribution in [0, 0.1) is 12.8 Å². The summed E-state index contributed by atoms with van der Waals surface area (Å²) in [6, 6.07) is 15.4. The van der Waals surface area contributed by atoms with Crippen LogP contribution >= 0.6 is 0 Å². The van der Waals surface area contributed by atoms with E-state index in [0.29, 0.717) is 25.9 Å². The van der Waals surface area contributed by atoms with Crippen LogP contribution in [-0.2, 0) is 20.6 Å². The molecule has 1 atom stereocenters. The molecule has 2 aliphatic heterocycles. The van der Waals surface area contributed by atoms with Gasteiger partial charge in [-0.05, 0) is 44.2 Å². The molecule has 1 unspecified atom stereocenters. The fourth-order valence-corrected chi connectivity index (χ4v) is 6.67.